The highest BCUT2D eigenvalue weighted by atomic mass is 16.4. The third kappa shape index (κ3) is 6.79. The van der Waals surface area contributed by atoms with E-state index in [9.17, 15) is 9.59 Å². The van der Waals surface area contributed by atoms with Gasteiger partial charge in [0, 0.05) is 17.6 Å². The molecule has 1 rings (SSSR count). The first-order chi connectivity index (χ1) is 9.82. The van der Waals surface area contributed by atoms with E-state index in [1.54, 1.807) is 12.1 Å². The van der Waals surface area contributed by atoms with Crippen molar-refractivity contribution < 1.29 is 14.7 Å². The Balaban J connectivity index is 2.51. The molecule has 0 spiro atoms. The third-order valence-corrected chi connectivity index (χ3v) is 3.17. The summed E-state index contributed by atoms with van der Waals surface area (Å²) in [7, 11) is 0. The second-order valence-electron chi connectivity index (χ2n) is 5.80. The number of benzene rings is 1. The summed E-state index contributed by atoms with van der Waals surface area (Å²) >= 11 is 0. The van der Waals surface area contributed by atoms with Crippen LogP contribution in [0, 0.1) is 0 Å². The van der Waals surface area contributed by atoms with Crippen molar-refractivity contribution in [3.8, 4) is 0 Å². The molecule has 0 saturated carbocycles. The lowest BCUT2D eigenvalue weighted by molar-refractivity contribution is -0.136. The number of aryl methyl sites for hydroxylation is 1. The summed E-state index contributed by atoms with van der Waals surface area (Å²) in [5.41, 5.74) is 1.40. The summed E-state index contributed by atoms with van der Waals surface area (Å²) < 4.78 is 0. The van der Waals surface area contributed by atoms with E-state index in [1.165, 1.54) is 0 Å². The van der Waals surface area contributed by atoms with Crippen LogP contribution in [0.5, 0.6) is 0 Å². The molecule has 0 bridgehead atoms. The fraction of sp³-hybridized carbons (Fsp3) is 0.500. The van der Waals surface area contributed by atoms with Gasteiger partial charge >= 0.3 is 12.0 Å². The van der Waals surface area contributed by atoms with Crippen molar-refractivity contribution in [2.75, 3.05) is 5.32 Å². The average molecular weight is 292 g/mol. The first-order valence-corrected chi connectivity index (χ1v) is 7.22. The number of carboxylic acid groups (broad SMARTS) is 1. The molecule has 0 aliphatic rings. The molecule has 2 amide bonds. The average Bonchev–Trinajstić information content (AvgIpc) is 2.36. The van der Waals surface area contributed by atoms with Gasteiger partial charge in [0.2, 0.25) is 0 Å². The zero-order valence-corrected chi connectivity index (χ0v) is 12.9. The number of nitrogens with one attached hydrogen (secondary N) is 2. The maximum Gasteiger partial charge on any atom is 0.319 e. The Morgan fingerprint density at radius 2 is 1.81 bits per heavy atom. The van der Waals surface area contributed by atoms with Crippen molar-refractivity contribution in [2.45, 2.75) is 52.0 Å². The minimum atomic E-state index is -0.810. The number of aliphatic carboxylic acids is 1. The molecule has 0 unspecified atom stereocenters. The van der Waals surface area contributed by atoms with E-state index in [0.717, 1.165) is 18.4 Å². The van der Waals surface area contributed by atoms with E-state index in [1.807, 2.05) is 26.0 Å². The van der Waals surface area contributed by atoms with Gasteiger partial charge in [-0.25, -0.2) is 4.79 Å². The second-order valence-corrected chi connectivity index (χ2v) is 5.80. The van der Waals surface area contributed by atoms with Crippen LogP contribution in [-0.2, 0) is 11.2 Å². The van der Waals surface area contributed by atoms with Crippen LogP contribution in [-0.4, -0.2) is 22.6 Å². The zero-order chi connectivity index (χ0) is 15.9. The quantitative estimate of drug-likeness (QED) is 0.720. The molecule has 0 aromatic heterocycles. The van der Waals surface area contributed by atoms with Crippen LogP contribution in [0.25, 0.3) is 0 Å². The lowest BCUT2D eigenvalue weighted by atomic mass is 9.99. The number of hydrogen-bond acceptors (Lipinski definition) is 2. The van der Waals surface area contributed by atoms with Gasteiger partial charge in [0.15, 0.2) is 0 Å². The SMILES string of the molecule is CCCC(C)(C)NC(=O)Nc1ccc(CCC(=O)O)cc1. The maximum atomic E-state index is 11.9. The van der Waals surface area contributed by atoms with E-state index in [4.69, 9.17) is 5.11 Å². The number of urea groups is 1. The Morgan fingerprint density at radius 3 is 2.33 bits per heavy atom. The van der Waals surface area contributed by atoms with Crippen LogP contribution in [0.2, 0.25) is 0 Å². The minimum absolute atomic E-state index is 0.110. The summed E-state index contributed by atoms with van der Waals surface area (Å²) in [6.07, 6.45) is 2.52. The molecular formula is C16H24N2O3. The molecule has 3 N–H and O–H groups in total. The minimum Gasteiger partial charge on any atom is -0.481 e. The molecular weight excluding hydrogens is 268 g/mol. The molecule has 21 heavy (non-hydrogen) atoms. The summed E-state index contributed by atoms with van der Waals surface area (Å²) in [5.74, 6) is -0.810. The zero-order valence-electron chi connectivity index (χ0n) is 12.9. The molecule has 0 heterocycles. The van der Waals surface area contributed by atoms with Gasteiger partial charge in [0.25, 0.3) is 0 Å². The van der Waals surface area contributed by atoms with Gasteiger partial charge in [0.1, 0.15) is 0 Å². The second kappa shape index (κ2) is 7.67. The van der Waals surface area contributed by atoms with E-state index >= 15 is 0 Å². The molecule has 116 valence electrons. The highest BCUT2D eigenvalue weighted by molar-refractivity contribution is 5.89. The molecule has 0 fully saturated rings. The first kappa shape index (κ1) is 17.0. The Hall–Kier alpha value is -2.04. The number of anilines is 1. The van der Waals surface area contributed by atoms with Crippen LogP contribution in [0.1, 0.15) is 45.6 Å². The van der Waals surface area contributed by atoms with Crippen LogP contribution in [0.4, 0.5) is 10.5 Å². The number of carbonyl (C=O) groups is 2. The number of hydrogen-bond donors (Lipinski definition) is 3. The van der Waals surface area contributed by atoms with E-state index in [0.29, 0.717) is 12.1 Å². The van der Waals surface area contributed by atoms with Gasteiger partial charge in [0.05, 0.1) is 0 Å². The number of carbonyl (C=O) groups excluding carboxylic acids is 1. The van der Waals surface area contributed by atoms with Crippen molar-refractivity contribution in [3.63, 3.8) is 0 Å². The van der Waals surface area contributed by atoms with Gasteiger partial charge in [-0.3, -0.25) is 4.79 Å². The van der Waals surface area contributed by atoms with Gasteiger partial charge in [-0.2, -0.15) is 0 Å². The smallest absolute Gasteiger partial charge is 0.319 e. The van der Waals surface area contributed by atoms with Crippen molar-refractivity contribution in [3.05, 3.63) is 29.8 Å². The van der Waals surface area contributed by atoms with Gasteiger partial charge in [-0.1, -0.05) is 25.5 Å². The molecule has 1 aromatic rings. The molecule has 1 aromatic carbocycles. The summed E-state index contributed by atoms with van der Waals surface area (Å²) in [6, 6.07) is 6.99. The normalized spacial score (nSPS) is 11.0. The van der Waals surface area contributed by atoms with E-state index < -0.39 is 5.97 Å². The van der Waals surface area contributed by atoms with Crippen molar-refractivity contribution in [1.82, 2.24) is 5.32 Å². The predicted octanol–water partition coefficient (Wildman–Crippen LogP) is 3.40. The monoisotopic (exact) mass is 292 g/mol. The fourth-order valence-corrected chi connectivity index (χ4v) is 2.16. The largest absolute Gasteiger partial charge is 0.481 e. The van der Waals surface area contributed by atoms with Gasteiger partial charge in [-0.05, 0) is 44.4 Å². The Bertz CT molecular complexity index is 481. The lowest BCUT2D eigenvalue weighted by Crippen LogP contribution is -2.45. The Labute approximate surface area is 125 Å². The van der Waals surface area contributed by atoms with E-state index in [-0.39, 0.29) is 18.0 Å². The summed E-state index contributed by atoms with van der Waals surface area (Å²) in [6.45, 7) is 6.06. The molecule has 0 radical (unpaired) electrons. The highest BCUT2D eigenvalue weighted by Gasteiger charge is 2.18. The van der Waals surface area contributed by atoms with Gasteiger partial charge in [-0.15, -0.1) is 0 Å². The van der Waals surface area contributed by atoms with Crippen LogP contribution in [0.3, 0.4) is 0 Å². The summed E-state index contributed by atoms with van der Waals surface area (Å²) in [4.78, 5) is 22.4. The topological polar surface area (TPSA) is 78.4 Å². The van der Waals surface area contributed by atoms with Crippen molar-refractivity contribution in [2.24, 2.45) is 0 Å². The molecule has 0 saturated heterocycles. The van der Waals surface area contributed by atoms with Crippen molar-refractivity contribution >= 4 is 17.7 Å². The predicted molar refractivity (Wildman–Crippen MR) is 83.5 cm³/mol. The number of rotatable bonds is 7. The Morgan fingerprint density at radius 1 is 1.19 bits per heavy atom. The maximum absolute atomic E-state index is 11.9. The Kier molecular flexibility index (Phi) is 6.21. The molecule has 0 atom stereocenters. The molecule has 5 nitrogen and oxygen atoms in total. The van der Waals surface area contributed by atoms with Crippen LogP contribution >= 0.6 is 0 Å². The first-order valence-electron chi connectivity index (χ1n) is 7.22. The van der Waals surface area contributed by atoms with Crippen LogP contribution in [0.15, 0.2) is 24.3 Å². The van der Waals surface area contributed by atoms with Crippen molar-refractivity contribution in [1.29, 1.82) is 0 Å². The fourth-order valence-electron chi connectivity index (χ4n) is 2.16. The number of amides is 2. The van der Waals surface area contributed by atoms with E-state index in [2.05, 4.69) is 17.6 Å². The van der Waals surface area contributed by atoms with Crippen LogP contribution < -0.4 is 10.6 Å². The standard InChI is InChI=1S/C16H24N2O3/c1-4-11-16(2,3)18-15(21)17-13-8-5-12(6-9-13)7-10-14(19)20/h5-6,8-9H,4,7,10-11H2,1-3H3,(H,19,20)(H2,17,18,21). The molecule has 5 heteroatoms. The summed E-state index contributed by atoms with van der Waals surface area (Å²) in [5, 5.41) is 14.3. The molecule has 0 aliphatic carbocycles. The van der Waals surface area contributed by atoms with Gasteiger partial charge < -0.3 is 15.7 Å². The lowest BCUT2D eigenvalue weighted by Gasteiger charge is -2.25. The third-order valence-electron chi connectivity index (χ3n) is 3.17. The molecule has 0 aliphatic heterocycles. The number of carboxylic acids is 1. The highest BCUT2D eigenvalue weighted by Crippen LogP contribution is 2.13.